The number of nitrogens with zero attached hydrogens (tertiary/aromatic N) is 1. The molecule has 0 saturated carbocycles. The van der Waals surface area contributed by atoms with E-state index in [0.717, 1.165) is 38.9 Å². The largest absolute Gasteiger partial charge is 0.393 e. The van der Waals surface area contributed by atoms with Crippen LogP contribution in [0.3, 0.4) is 0 Å². The summed E-state index contributed by atoms with van der Waals surface area (Å²) in [6.45, 7) is 4.59. The summed E-state index contributed by atoms with van der Waals surface area (Å²) in [5, 5.41) is 10.0. The van der Waals surface area contributed by atoms with Gasteiger partial charge in [-0.05, 0) is 30.4 Å². The summed E-state index contributed by atoms with van der Waals surface area (Å²) in [5.74, 6) is 0.287. The zero-order valence-electron chi connectivity index (χ0n) is 11.4. The number of hydrogen-bond donors (Lipinski definition) is 1. The molecular weight excluding hydrogens is 238 g/mol. The van der Waals surface area contributed by atoms with Gasteiger partial charge in [-0.15, -0.1) is 0 Å². The van der Waals surface area contributed by atoms with Crippen LogP contribution in [-0.2, 0) is 17.6 Å². The molecule has 1 N–H and O–H groups in total. The molecule has 2 aliphatic rings. The summed E-state index contributed by atoms with van der Waals surface area (Å²) in [7, 11) is 0. The molecule has 0 radical (unpaired) electrons. The normalized spacial score (nSPS) is 28.7. The summed E-state index contributed by atoms with van der Waals surface area (Å²) in [4.78, 5) is 2.49. The molecule has 0 aromatic heterocycles. The van der Waals surface area contributed by atoms with E-state index in [1.54, 1.807) is 0 Å². The lowest BCUT2D eigenvalue weighted by Gasteiger charge is -2.32. The second-order valence-electron chi connectivity index (χ2n) is 5.76. The Morgan fingerprint density at radius 3 is 2.47 bits per heavy atom. The molecule has 2 aliphatic heterocycles. The first kappa shape index (κ1) is 13.1. The van der Waals surface area contributed by atoms with Crippen molar-refractivity contribution in [1.29, 1.82) is 0 Å². The van der Waals surface area contributed by atoms with E-state index in [4.69, 9.17) is 4.74 Å². The minimum atomic E-state index is -0.181. The molecule has 0 spiro atoms. The minimum absolute atomic E-state index is 0.181. The average molecular weight is 261 g/mol. The molecule has 2 heterocycles. The molecular formula is C16H23NO2. The maximum atomic E-state index is 10.0. The van der Waals surface area contributed by atoms with Gasteiger partial charge in [0, 0.05) is 32.2 Å². The van der Waals surface area contributed by atoms with Crippen LogP contribution in [0.2, 0.25) is 0 Å². The monoisotopic (exact) mass is 261 g/mol. The standard InChI is InChI=1S/C16H23NO2/c18-16-7-10-19-12-15(16)11-17-8-5-13-3-1-2-4-14(13)6-9-17/h1-4,15-16,18H,5-12H2. The van der Waals surface area contributed by atoms with Gasteiger partial charge in [-0.3, -0.25) is 0 Å². The smallest absolute Gasteiger partial charge is 0.0624 e. The topological polar surface area (TPSA) is 32.7 Å². The van der Waals surface area contributed by atoms with Crippen LogP contribution in [-0.4, -0.2) is 49.0 Å². The van der Waals surface area contributed by atoms with Crippen molar-refractivity contribution < 1.29 is 9.84 Å². The SMILES string of the molecule is OC1CCOCC1CN1CCc2ccccc2CC1. The van der Waals surface area contributed by atoms with Gasteiger partial charge in [0.05, 0.1) is 12.7 Å². The second-order valence-corrected chi connectivity index (χ2v) is 5.76. The first-order valence-electron chi connectivity index (χ1n) is 7.38. The minimum Gasteiger partial charge on any atom is -0.393 e. The zero-order valence-corrected chi connectivity index (χ0v) is 11.4. The molecule has 1 saturated heterocycles. The number of ether oxygens (including phenoxy) is 1. The van der Waals surface area contributed by atoms with Crippen molar-refractivity contribution in [2.24, 2.45) is 5.92 Å². The first-order chi connectivity index (χ1) is 9.33. The van der Waals surface area contributed by atoms with Gasteiger partial charge in [0.15, 0.2) is 0 Å². The van der Waals surface area contributed by atoms with E-state index < -0.39 is 0 Å². The van der Waals surface area contributed by atoms with E-state index in [9.17, 15) is 5.11 Å². The molecule has 3 nitrogen and oxygen atoms in total. The third-order valence-corrected chi connectivity index (χ3v) is 4.44. The molecule has 3 heteroatoms. The van der Waals surface area contributed by atoms with Crippen LogP contribution in [0.5, 0.6) is 0 Å². The van der Waals surface area contributed by atoms with Crippen molar-refractivity contribution in [3.05, 3.63) is 35.4 Å². The number of aliphatic hydroxyl groups excluding tert-OH is 1. The van der Waals surface area contributed by atoms with Crippen molar-refractivity contribution in [2.45, 2.75) is 25.4 Å². The highest BCUT2D eigenvalue weighted by molar-refractivity contribution is 5.28. The maximum Gasteiger partial charge on any atom is 0.0624 e. The van der Waals surface area contributed by atoms with E-state index in [1.165, 1.54) is 11.1 Å². The van der Waals surface area contributed by atoms with Gasteiger partial charge in [-0.2, -0.15) is 0 Å². The molecule has 2 atom stereocenters. The summed E-state index contributed by atoms with van der Waals surface area (Å²) in [6, 6.07) is 8.76. The van der Waals surface area contributed by atoms with Crippen LogP contribution in [0.4, 0.5) is 0 Å². The highest BCUT2D eigenvalue weighted by Gasteiger charge is 2.26. The Bertz CT molecular complexity index is 394. The van der Waals surface area contributed by atoms with Crippen molar-refractivity contribution in [1.82, 2.24) is 4.90 Å². The van der Waals surface area contributed by atoms with E-state index in [2.05, 4.69) is 29.2 Å². The average Bonchev–Trinajstić information content (AvgIpc) is 2.64. The quantitative estimate of drug-likeness (QED) is 0.875. The molecule has 1 fully saturated rings. The van der Waals surface area contributed by atoms with E-state index in [-0.39, 0.29) is 12.0 Å². The summed E-state index contributed by atoms with van der Waals surface area (Å²) in [6.07, 6.45) is 2.86. The van der Waals surface area contributed by atoms with Crippen LogP contribution in [0.25, 0.3) is 0 Å². The lowest BCUT2D eigenvalue weighted by atomic mass is 9.98. The summed E-state index contributed by atoms with van der Waals surface area (Å²) < 4.78 is 5.50. The van der Waals surface area contributed by atoms with Crippen LogP contribution in [0.15, 0.2) is 24.3 Å². The number of hydrogen-bond acceptors (Lipinski definition) is 3. The van der Waals surface area contributed by atoms with Gasteiger partial charge in [0.1, 0.15) is 0 Å². The molecule has 1 aromatic carbocycles. The second kappa shape index (κ2) is 6.04. The Morgan fingerprint density at radius 2 is 1.84 bits per heavy atom. The van der Waals surface area contributed by atoms with Crippen LogP contribution in [0.1, 0.15) is 17.5 Å². The highest BCUT2D eigenvalue weighted by Crippen LogP contribution is 2.19. The van der Waals surface area contributed by atoms with Crippen molar-refractivity contribution >= 4 is 0 Å². The van der Waals surface area contributed by atoms with Crippen molar-refractivity contribution in [3.63, 3.8) is 0 Å². The third-order valence-electron chi connectivity index (χ3n) is 4.44. The van der Waals surface area contributed by atoms with Gasteiger partial charge in [-0.25, -0.2) is 0 Å². The van der Waals surface area contributed by atoms with Crippen molar-refractivity contribution in [3.8, 4) is 0 Å². The molecule has 3 rings (SSSR count). The van der Waals surface area contributed by atoms with Gasteiger partial charge in [0.25, 0.3) is 0 Å². The highest BCUT2D eigenvalue weighted by atomic mass is 16.5. The Balaban J connectivity index is 1.59. The number of aliphatic hydroxyl groups is 1. The van der Waals surface area contributed by atoms with Crippen molar-refractivity contribution in [2.75, 3.05) is 32.8 Å². The Morgan fingerprint density at radius 1 is 1.16 bits per heavy atom. The maximum absolute atomic E-state index is 10.0. The Hall–Kier alpha value is -0.900. The Kier molecular flexibility index (Phi) is 4.16. The van der Waals surface area contributed by atoms with E-state index in [0.29, 0.717) is 13.2 Å². The first-order valence-corrected chi connectivity index (χ1v) is 7.38. The molecule has 0 aliphatic carbocycles. The van der Waals surface area contributed by atoms with E-state index in [1.807, 2.05) is 0 Å². The molecule has 104 valence electrons. The fourth-order valence-corrected chi connectivity index (χ4v) is 3.19. The zero-order chi connectivity index (χ0) is 13.1. The van der Waals surface area contributed by atoms with Crippen LogP contribution in [0, 0.1) is 5.92 Å². The molecule has 1 aromatic rings. The van der Waals surface area contributed by atoms with Gasteiger partial charge >= 0.3 is 0 Å². The summed E-state index contributed by atoms with van der Waals surface area (Å²) >= 11 is 0. The predicted octanol–water partition coefficient (Wildman–Crippen LogP) is 1.48. The van der Waals surface area contributed by atoms with E-state index >= 15 is 0 Å². The number of rotatable bonds is 2. The predicted molar refractivity (Wildman–Crippen MR) is 75.2 cm³/mol. The summed E-state index contributed by atoms with van der Waals surface area (Å²) in [5.41, 5.74) is 2.98. The number of fused-ring (bicyclic) bond motifs is 1. The lowest BCUT2D eigenvalue weighted by molar-refractivity contribution is -0.0462. The van der Waals surface area contributed by atoms with Crippen LogP contribution >= 0.6 is 0 Å². The lowest BCUT2D eigenvalue weighted by Crippen LogP contribution is -2.41. The molecule has 0 amide bonds. The van der Waals surface area contributed by atoms with Gasteiger partial charge in [0.2, 0.25) is 0 Å². The Labute approximate surface area is 115 Å². The fourth-order valence-electron chi connectivity index (χ4n) is 3.19. The van der Waals surface area contributed by atoms with Gasteiger partial charge < -0.3 is 14.7 Å². The fraction of sp³-hybridized carbons (Fsp3) is 0.625. The van der Waals surface area contributed by atoms with Gasteiger partial charge in [-0.1, -0.05) is 24.3 Å². The third kappa shape index (κ3) is 3.16. The molecule has 2 unspecified atom stereocenters. The van der Waals surface area contributed by atoms with Crippen LogP contribution < -0.4 is 0 Å². The molecule has 0 bridgehead atoms. The number of benzene rings is 1. The molecule has 19 heavy (non-hydrogen) atoms.